The Morgan fingerprint density at radius 2 is 2.25 bits per heavy atom. The molecule has 0 aromatic carbocycles. The lowest BCUT2D eigenvalue weighted by molar-refractivity contribution is 0.466. The minimum absolute atomic E-state index is 0.313. The van der Waals surface area contributed by atoms with Crippen LogP contribution in [0.5, 0.6) is 0 Å². The normalized spacial score (nSPS) is 11.9. The third-order valence-corrected chi connectivity index (χ3v) is 5.68. The zero-order valence-electron chi connectivity index (χ0n) is 11.4. The molecule has 0 bridgehead atoms. The average Bonchev–Trinajstić information content (AvgIpc) is 2.89. The van der Waals surface area contributed by atoms with E-state index < -0.39 is 10.0 Å². The van der Waals surface area contributed by atoms with Gasteiger partial charge >= 0.3 is 0 Å². The smallest absolute Gasteiger partial charge is 0.243 e. The third kappa shape index (κ3) is 3.43. The summed E-state index contributed by atoms with van der Waals surface area (Å²) in [6.07, 6.45) is 3.34. The van der Waals surface area contributed by atoms with Crippen molar-refractivity contribution in [1.82, 2.24) is 14.6 Å². The van der Waals surface area contributed by atoms with Gasteiger partial charge in [-0.25, -0.2) is 8.42 Å². The Balaban J connectivity index is 2.16. The molecule has 0 saturated heterocycles. The van der Waals surface area contributed by atoms with E-state index in [0.29, 0.717) is 18.0 Å². The SMILES string of the molecule is CNCc1cc(S(=O)(=O)N(C)Cc2cccnc2)cs1. The van der Waals surface area contributed by atoms with Crippen LogP contribution in [0.1, 0.15) is 10.4 Å². The molecule has 0 aliphatic heterocycles. The van der Waals surface area contributed by atoms with Gasteiger partial charge in [0.25, 0.3) is 0 Å². The molecule has 0 radical (unpaired) electrons. The molecule has 0 atom stereocenters. The van der Waals surface area contributed by atoms with E-state index >= 15 is 0 Å². The molecule has 0 aliphatic rings. The van der Waals surface area contributed by atoms with Gasteiger partial charge in [-0.1, -0.05) is 6.07 Å². The first kappa shape index (κ1) is 15.1. The lowest BCUT2D eigenvalue weighted by Crippen LogP contribution is -2.26. The maximum atomic E-state index is 12.4. The largest absolute Gasteiger partial charge is 0.315 e. The fourth-order valence-corrected chi connectivity index (χ4v) is 4.21. The number of sulfonamides is 1. The van der Waals surface area contributed by atoms with Crippen molar-refractivity contribution >= 4 is 21.4 Å². The molecule has 5 nitrogen and oxygen atoms in total. The summed E-state index contributed by atoms with van der Waals surface area (Å²) in [6.45, 7) is 0.986. The first-order valence-electron chi connectivity index (χ1n) is 6.11. The van der Waals surface area contributed by atoms with Crippen LogP contribution >= 0.6 is 11.3 Å². The molecule has 0 amide bonds. The molecule has 2 heterocycles. The average molecular weight is 311 g/mol. The molecule has 1 N–H and O–H groups in total. The van der Waals surface area contributed by atoms with E-state index in [1.54, 1.807) is 37.0 Å². The molecule has 2 aromatic heterocycles. The van der Waals surface area contributed by atoms with Crippen molar-refractivity contribution in [2.45, 2.75) is 18.0 Å². The first-order chi connectivity index (χ1) is 9.54. The molecule has 0 fully saturated rings. The quantitative estimate of drug-likeness (QED) is 0.882. The molecular weight excluding hydrogens is 294 g/mol. The van der Waals surface area contributed by atoms with Crippen LogP contribution < -0.4 is 5.32 Å². The predicted octanol–water partition coefficient (Wildman–Crippen LogP) is 1.68. The van der Waals surface area contributed by atoms with Crippen LogP contribution in [0, 0.1) is 0 Å². The van der Waals surface area contributed by atoms with E-state index in [4.69, 9.17) is 0 Å². The van der Waals surface area contributed by atoms with Gasteiger partial charge in [-0.05, 0) is 24.7 Å². The van der Waals surface area contributed by atoms with Crippen LogP contribution in [-0.4, -0.2) is 31.8 Å². The molecule has 2 aromatic rings. The van der Waals surface area contributed by atoms with E-state index in [1.807, 2.05) is 13.1 Å². The summed E-state index contributed by atoms with van der Waals surface area (Å²) in [6, 6.07) is 5.38. The van der Waals surface area contributed by atoms with Crippen molar-refractivity contribution in [3.63, 3.8) is 0 Å². The monoisotopic (exact) mass is 311 g/mol. The van der Waals surface area contributed by atoms with Gasteiger partial charge in [0.2, 0.25) is 10.0 Å². The van der Waals surface area contributed by atoms with Gasteiger partial charge in [0.1, 0.15) is 0 Å². The molecular formula is C13H17N3O2S2. The maximum absolute atomic E-state index is 12.4. The van der Waals surface area contributed by atoms with Gasteiger partial charge in [-0.3, -0.25) is 4.98 Å². The van der Waals surface area contributed by atoms with Crippen LogP contribution in [-0.2, 0) is 23.1 Å². The first-order valence-corrected chi connectivity index (χ1v) is 8.43. The number of thiophene rings is 1. The Bertz CT molecular complexity index is 653. The molecule has 7 heteroatoms. The van der Waals surface area contributed by atoms with Crippen LogP contribution in [0.15, 0.2) is 40.9 Å². The van der Waals surface area contributed by atoms with Crippen LogP contribution in [0.3, 0.4) is 0 Å². The molecule has 108 valence electrons. The molecule has 0 saturated carbocycles. The topological polar surface area (TPSA) is 62.3 Å². The molecule has 20 heavy (non-hydrogen) atoms. The summed E-state index contributed by atoms with van der Waals surface area (Å²) in [4.78, 5) is 5.34. The highest BCUT2D eigenvalue weighted by Crippen LogP contribution is 2.22. The molecule has 0 unspecified atom stereocenters. The van der Waals surface area contributed by atoms with E-state index in [9.17, 15) is 8.42 Å². The van der Waals surface area contributed by atoms with E-state index in [0.717, 1.165) is 10.4 Å². The number of nitrogens with zero attached hydrogens (tertiary/aromatic N) is 2. The third-order valence-electron chi connectivity index (χ3n) is 2.82. The van der Waals surface area contributed by atoms with Gasteiger partial charge in [0.15, 0.2) is 0 Å². The zero-order chi connectivity index (χ0) is 14.6. The predicted molar refractivity (Wildman–Crippen MR) is 80.0 cm³/mol. The Labute approximate surface area is 123 Å². The molecule has 0 aliphatic carbocycles. The highest BCUT2D eigenvalue weighted by Gasteiger charge is 2.22. The van der Waals surface area contributed by atoms with Gasteiger partial charge in [0.05, 0.1) is 4.90 Å². The fourth-order valence-electron chi connectivity index (χ4n) is 1.78. The standard InChI is InChI=1S/C13H17N3O2S2/c1-14-8-12-6-13(10-19-12)20(17,18)16(2)9-11-4-3-5-15-7-11/h3-7,10,14H,8-9H2,1-2H3. The summed E-state index contributed by atoms with van der Waals surface area (Å²) in [7, 11) is -0.0296. The van der Waals surface area contributed by atoms with Crippen LogP contribution in [0.4, 0.5) is 0 Å². The van der Waals surface area contributed by atoms with Crippen molar-refractivity contribution in [1.29, 1.82) is 0 Å². The van der Waals surface area contributed by atoms with Gasteiger partial charge in [0, 0.05) is 42.8 Å². The van der Waals surface area contributed by atoms with Crippen LogP contribution in [0.25, 0.3) is 0 Å². The number of pyridine rings is 1. The van der Waals surface area contributed by atoms with Gasteiger partial charge in [-0.15, -0.1) is 11.3 Å². The summed E-state index contributed by atoms with van der Waals surface area (Å²) < 4.78 is 26.2. The van der Waals surface area contributed by atoms with Crippen molar-refractivity contribution in [3.8, 4) is 0 Å². The highest BCUT2D eigenvalue weighted by atomic mass is 32.2. The van der Waals surface area contributed by atoms with E-state index in [1.165, 1.54) is 15.6 Å². The van der Waals surface area contributed by atoms with Crippen LogP contribution in [0.2, 0.25) is 0 Å². The Morgan fingerprint density at radius 3 is 2.90 bits per heavy atom. The number of aromatic nitrogens is 1. The summed E-state index contributed by atoms with van der Waals surface area (Å²) in [5.41, 5.74) is 0.865. The molecule has 2 rings (SSSR count). The zero-order valence-corrected chi connectivity index (χ0v) is 13.0. The Morgan fingerprint density at radius 1 is 1.45 bits per heavy atom. The lowest BCUT2D eigenvalue weighted by Gasteiger charge is -2.16. The fraction of sp³-hybridized carbons (Fsp3) is 0.308. The maximum Gasteiger partial charge on any atom is 0.243 e. The summed E-state index contributed by atoms with van der Waals surface area (Å²) in [5, 5.41) is 4.69. The number of hydrogen-bond acceptors (Lipinski definition) is 5. The summed E-state index contributed by atoms with van der Waals surface area (Å²) in [5.74, 6) is 0. The van der Waals surface area contributed by atoms with Gasteiger partial charge in [-0.2, -0.15) is 4.31 Å². The second-order valence-corrected chi connectivity index (χ2v) is 7.44. The highest BCUT2D eigenvalue weighted by molar-refractivity contribution is 7.89. The van der Waals surface area contributed by atoms with Crippen molar-refractivity contribution in [2.24, 2.45) is 0 Å². The minimum Gasteiger partial charge on any atom is -0.315 e. The summed E-state index contributed by atoms with van der Waals surface area (Å²) >= 11 is 1.44. The van der Waals surface area contributed by atoms with Crippen molar-refractivity contribution in [2.75, 3.05) is 14.1 Å². The Hall–Kier alpha value is -1.28. The van der Waals surface area contributed by atoms with Crippen molar-refractivity contribution < 1.29 is 8.42 Å². The van der Waals surface area contributed by atoms with E-state index in [-0.39, 0.29) is 0 Å². The molecule has 0 spiro atoms. The minimum atomic E-state index is -3.45. The van der Waals surface area contributed by atoms with E-state index in [2.05, 4.69) is 10.3 Å². The number of rotatable bonds is 6. The second kappa shape index (κ2) is 6.45. The number of hydrogen-bond donors (Lipinski definition) is 1. The second-order valence-electron chi connectivity index (χ2n) is 4.40. The lowest BCUT2D eigenvalue weighted by atomic mass is 10.3. The van der Waals surface area contributed by atoms with Crippen molar-refractivity contribution in [3.05, 3.63) is 46.4 Å². The Kier molecular flexibility index (Phi) is 4.87. The van der Waals surface area contributed by atoms with Gasteiger partial charge < -0.3 is 5.32 Å². The number of nitrogens with one attached hydrogen (secondary N) is 1.